The molecule has 1 aliphatic carbocycles. The van der Waals surface area contributed by atoms with E-state index in [0.717, 1.165) is 37.1 Å². The van der Waals surface area contributed by atoms with Gasteiger partial charge in [0.2, 0.25) is 5.96 Å². The normalized spacial score (nSPS) is 19.4. The molecule has 1 saturated carbocycles. The fraction of sp³-hybridized carbons (Fsp3) is 0.417. The van der Waals surface area contributed by atoms with Crippen LogP contribution in [0.1, 0.15) is 18.4 Å². The lowest BCUT2D eigenvalue weighted by Crippen LogP contribution is -2.44. The molecular weight excluding hydrogens is 219 g/mol. The minimum absolute atomic E-state index is 0.224. The van der Waals surface area contributed by atoms with Crippen molar-refractivity contribution in [3.8, 4) is 0 Å². The Bertz CT molecular complexity index is 468. The minimum Gasteiger partial charge on any atom is -0.311 e. The molecule has 17 heavy (non-hydrogen) atoms. The fourth-order valence-electron chi connectivity index (χ4n) is 2.13. The van der Waals surface area contributed by atoms with Gasteiger partial charge in [-0.25, -0.2) is 15.2 Å². The number of nitrogens with one attached hydrogen (secondary N) is 1. The van der Waals surface area contributed by atoms with Crippen LogP contribution in [0.2, 0.25) is 0 Å². The summed E-state index contributed by atoms with van der Waals surface area (Å²) in [7, 11) is 0. The average molecular weight is 234 g/mol. The largest absolute Gasteiger partial charge is 0.311 e. The van der Waals surface area contributed by atoms with Gasteiger partial charge in [-0.3, -0.25) is 5.43 Å². The predicted molar refractivity (Wildman–Crippen MR) is 65.2 cm³/mol. The number of halogens is 1. The molecule has 0 bridgehead atoms. The van der Waals surface area contributed by atoms with E-state index in [0.29, 0.717) is 12.0 Å². The number of aliphatic imine (C=N–C) groups is 1. The van der Waals surface area contributed by atoms with E-state index < -0.39 is 0 Å². The molecule has 1 fully saturated rings. The standard InChI is InChI=1S/C12H15FN4/c13-9-2-1-8-5-6-17(11(8)7-9)12(16-14)15-10-3-4-10/h1-2,7,10H,3-6,14H2,(H,15,16). The molecule has 1 heterocycles. The molecule has 1 aromatic carbocycles. The van der Waals surface area contributed by atoms with E-state index in [1.807, 2.05) is 11.0 Å². The topological polar surface area (TPSA) is 53.6 Å². The molecule has 3 rings (SSSR count). The number of hydrogen-bond acceptors (Lipinski definition) is 2. The molecule has 0 spiro atoms. The first-order chi connectivity index (χ1) is 8.28. The third-order valence-corrected chi connectivity index (χ3v) is 3.18. The lowest BCUT2D eigenvalue weighted by atomic mass is 10.2. The minimum atomic E-state index is -0.224. The Morgan fingerprint density at radius 2 is 2.29 bits per heavy atom. The van der Waals surface area contributed by atoms with E-state index in [1.165, 1.54) is 6.07 Å². The van der Waals surface area contributed by atoms with Crippen molar-refractivity contribution in [1.29, 1.82) is 0 Å². The molecule has 2 aliphatic rings. The summed E-state index contributed by atoms with van der Waals surface area (Å²) in [5.74, 6) is 5.93. The Morgan fingerprint density at radius 1 is 1.47 bits per heavy atom. The predicted octanol–water partition coefficient (Wildman–Crippen LogP) is 1.17. The number of hydrazine groups is 1. The van der Waals surface area contributed by atoms with Crippen molar-refractivity contribution in [2.75, 3.05) is 11.4 Å². The van der Waals surface area contributed by atoms with Crippen LogP contribution in [0.15, 0.2) is 23.2 Å². The summed E-state index contributed by atoms with van der Waals surface area (Å²) in [4.78, 5) is 6.46. The lowest BCUT2D eigenvalue weighted by Gasteiger charge is -2.20. The summed E-state index contributed by atoms with van der Waals surface area (Å²) >= 11 is 0. The zero-order valence-corrected chi connectivity index (χ0v) is 9.49. The highest BCUT2D eigenvalue weighted by molar-refractivity contribution is 5.97. The zero-order chi connectivity index (χ0) is 11.8. The second-order valence-corrected chi connectivity index (χ2v) is 4.50. The third kappa shape index (κ3) is 1.98. The van der Waals surface area contributed by atoms with Gasteiger partial charge < -0.3 is 4.90 Å². The maximum absolute atomic E-state index is 13.3. The van der Waals surface area contributed by atoms with Gasteiger partial charge >= 0.3 is 0 Å². The van der Waals surface area contributed by atoms with Crippen molar-refractivity contribution >= 4 is 11.6 Å². The maximum atomic E-state index is 13.3. The van der Waals surface area contributed by atoms with Gasteiger partial charge in [-0.2, -0.15) is 0 Å². The van der Waals surface area contributed by atoms with E-state index in [1.54, 1.807) is 6.07 Å². The van der Waals surface area contributed by atoms with Crippen molar-refractivity contribution in [2.45, 2.75) is 25.3 Å². The van der Waals surface area contributed by atoms with Gasteiger partial charge in [0.1, 0.15) is 5.82 Å². The summed E-state index contributed by atoms with van der Waals surface area (Å²) in [6, 6.07) is 5.26. The molecule has 0 aromatic heterocycles. The molecule has 3 N–H and O–H groups in total. The van der Waals surface area contributed by atoms with Crippen molar-refractivity contribution in [3.05, 3.63) is 29.6 Å². The van der Waals surface area contributed by atoms with E-state index >= 15 is 0 Å². The van der Waals surface area contributed by atoms with Crippen molar-refractivity contribution in [2.24, 2.45) is 10.8 Å². The summed E-state index contributed by atoms with van der Waals surface area (Å²) < 4.78 is 13.3. The molecule has 1 aromatic rings. The number of nitrogens with zero attached hydrogens (tertiary/aromatic N) is 2. The van der Waals surface area contributed by atoms with E-state index in [-0.39, 0.29) is 5.82 Å². The van der Waals surface area contributed by atoms with Crippen molar-refractivity contribution in [1.82, 2.24) is 5.43 Å². The first-order valence-electron chi connectivity index (χ1n) is 5.88. The van der Waals surface area contributed by atoms with E-state index in [2.05, 4.69) is 10.4 Å². The van der Waals surface area contributed by atoms with Crippen molar-refractivity contribution in [3.63, 3.8) is 0 Å². The molecule has 1 aliphatic heterocycles. The van der Waals surface area contributed by atoms with Gasteiger partial charge in [0.25, 0.3) is 0 Å². The van der Waals surface area contributed by atoms with E-state index in [4.69, 9.17) is 5.84 Å². The van der Waals surface area contributed by atoms with Crippen LogP contribution < -0.4 is 16.2 Å². The Labute approximate surface area is 99.3 Å². The molecule has 90 valence electrons. The molecule has 0 amide bonds. The maximum Gasteiger partial charge on any atom is 0.213 e. The molecular formula is C12H15FN4. The molecule has 0 unspecified atom stereocenters. The molecule has 0 radical (unpaired) electrons. The van der Waals surface area contributed by atoms with Crippen LogP contribution in [0.3, 0.4) is 0 Å². The quantitative estimate of drug-likeness (QED) is 0.332. The monoisotopic (exact) mass is 234 g/mol. The van der Waals surface area contributed by atoms with E-state index in [9.17, 15) is 4.39 Å². The van der Waals surface area contributed by atoms with Gasteiger partial charge in [-0.1, -0.05) is 6.07 Å². The molecule has 0 saturated heterocycles. The summed E-state index contributed by atoms with van der Waals surface area (Å²) in [5.41, 5.74) is 4.65. The Kier molecular flexibility index (Phi) is 2.48. The second-order valence-electron chi connectivity index (χ2n) is 4.50. The van der Waals surface area contributed by atoms with Crippen molar-refractivity contribution < 1.29 is 4.39 Å². The molecule has 5 heteroatoms. The number of rotatable bonds is 1. The highest BCUT2D eigenvalue weighted by Crippen LogP contribution is 2.30. The lowest BCUT2D eigenvalue weighted by molar-refractivity contribution is 0.628. The Morgan fingerprint density at radius 3 is 3.00 bits per heavy atom. The summed E-state index contributed by atoms with van der Waals surface area (Å²) in [6.45, 7) is 0.800. The highest BCUT2D eigenvalue weighted by atomic mass is 19.1. The number of benzene rings is 1. The average Bonchev–Trinajstić information content (AvgIpc) is 3.06. The number of guanidine groups is 1. The number of nitrogens with two attached hydrogens (primary N) is 1. The van der Waals surface area contributed by atoms with Gasteiger partial charge in [0.15, 0.2) is 0 Å². The number of hydrogen-bond donors (Lipinski definition) is 2. The number of fused-ring (bicyclic) bond motifs is 1. The first kappa shape index (κ1) is 10.5. The summed E-state index contributed by atoms with van der Waals surface area (Å²) in [5, 5.41) is 0. The fourth-order valence-corrected chi connectivity index (χ4v) is 2.13. The van der Waals surface area contributed by atoms with Gasteiger partial charge in [-0.05, 0) is 37.0 Å². The second kappa shape index (κ2) is 4.00. The van der Waals surface area contributed by atoms with Crippen LogP contribution in [-0.2, 0) is 6.42 Å². The van der Waals surface area contributed by atoms with Crippen LogP contribution in [0, 0.1) is 5.82 Å². The van der Waals surface area contributed by atoms with Crippen LogP contribution in [0.4, 0.5) is 10.1 Å². The van der Waals surface area contributed by atoms with Crippen LogP contribution in [0.5, 0.6) is 0 Å². The van der Waals surface area contributed by atoms with Crippen LogP contribution >= 0.6 is 0 Å². The Balaban J connectivity index is 1.93. The smallest absolute Gasteiger partial charge is 0.213 e. The van der Waals surface area contributed by atoms with Crippen LogP contribution in [0.25, 0.3) is 0 Å². The van der Waals surface area contributed by atoms with Gasteiger partial charge in [-0.15, -0.1) is 0 Å². The van der Waals surface area contributed by atoms with Gasteiger partial charge in [0, 0.05) is 12.2 Å². The molecule has 4 nitrogen and oxygen atoms in total. The zero-order valence-electron chi connectivity index (χ0n) is 9.49. The summed E-state index contributed by atoms with van der Waals surface area (Å²) in [6.07, 6.45) is 3.14. The molecule has 0 atom stereocenters. The Hall–Kier alpha value is -1.62. The third-order valence-electron chi connectivity index (χ3n) is 3.18. The van der Waals surface area contributed by atoms with Gasteiger partial charge in [0.05, 0.1) is 6.04 Å². The highest BCUT2D eigenvalue weighted by Gasteiger charge is 2.27. The first-order valence-corrected chi connectivity index (χ1v) is 5.88. The SMILES string of the molecule is NNC(=NC1CC1)N1CCc2ccc(F)cc21. The number of anilines is 1. The van der Waals surface area contributed by atoms with Crippen LogP contribution in [-0.4, -0.2) is 18.5 Å².